The Morgan fingerprint density at radius 1 is 1.31 bits per heavy atom. The molecular weight excluding hydrogens is 198 g/mol. The lowest BCUT2D eigenvalue weighted by atomic mass is 9.90. The first kappa shape index (κ1) is 13.7. The molecule has 0 unspecified atom stereocenters. The third-order valence-electron chi connectivity index (χ3n) is 3.19. The minimum absolute atomic E-state index is 0.729. The zero-order valence-corrected chi connectivity index (χ0v) is 10.8. The first-order valence-corrected chi connectivity index (χ1v) is 6.78. The van der Waals surface area contributed by atoms with Crippen LogP contribution in [-0.2, 0) is 4.74 Å². The average molecular weight is 225 g/mol. The number of rotatable bonds is 8. The van der Waals surface area contributed by atoms with Crippen LogP contribution in [0.25, 0.3) is 0 Å². The highest BCUT2D eigenvalue weighted by molar-refractivity contribution is 4.96. The van der Waals surface area contributed by atoms with Crippen LogP contribution in [0.5, 0.6) is 0 Å². The van der Waals surface area contributed by atoms with Gasteiger partial charge in [-0.25, -0.2) is 0 Å². The van der Waals surface area contributed by atoms with Gasteiger partial charge in [-0.05, 0) is 37.3 Å². The predicted octanol–water partition coefficient (Wildman–Crippen LogP) is 3.14. The summed E-state index contributed by atoms with van der Waals surface area (Å²) in [6.45, 7) is 9.84. The van der Waals surface area contributed by atoms with Crippen molar-refractivity contribution in [2.24, 2.45) is 5.92 Å². The average Bonchev–Trinajstić information content (AvgIpc) is 2.31. The summed E-state index contributed by atoms with van der Waals surface area (Å²) < 4.78 is 5.73. The molecule has 1 aliphatic carbocycles. The third kappa shape index (κ3) is 6.29. The summed E-state index contributed by atoms with van der Waals surface area (Å²) in [5.41, 5.74) is 1.17. The molecule has 0 atom stereocenters. The van der Waals surface area contributed by atoms with Gasteiger partial charge in [0.05, 0.1) is 6.61 Å². The molecular formula is C14H27NO. The van der Waals surface area contributed by atoms with Gasteiger partial charge in [0, 0.05) is 13.2 Å². The van der Waals surface area contributed by atoms with Crippen LogP contribution in [0.2, 0.25) is 0 Å². The van der Waals surface area contributed by atoms with E-state index in [2.05, 4.69) is 18.8 Å². The largest absolute Gasteiger partial charge is 0.377 e. The first-order chi connectivity index (χ1) is 7.83. The second-order valence-electron chi connectivity index (χ2n) is 4.95. The molecule has 0 spiro atoms. The molecule has 0 heterocycles. The highest BCUT2D eigenvalue weighted by atomic mass is 16.5. The van der Waals surface area contributed by atoms with Crippen molar-refractivity contribution >= 4 is 0 Å². The Hall–Kier alpha value is -0.340. The fraction of sp³-hybridized carbons (Fsp3) is 0.857. The van der Waals surface area contributed by atoms with E-state index in [0.717, 1.165) is 32.2 Å². The van der Waals surface area contributed by atoms with Crippen molar-refractivity contribution in [3.63, 3.8) is 0 Å². The maximum Gasteiger partial charge on any atom is 0.0686 e. The Kier molecular flexibility index (Phi) is 7.52. The van der Waals surface area contributed by atoms with E-state index in [1.54, 1.807) is 0 Å². The topological polar surface area (TPSA) is 21.3 Å². The van der Waals surface area contributed by atoms with Crippen molar-refractivity contribution in [3.05, 3.63) is 12.2 Å². The minimum Gasteiger partial charge on any atom is -0.377 e. The van der Waals surface area contributed by atoms with Gasteiger partial charge in [0.1, 0.15) is 0 Å². The summed E-state index contributed by atoms with van der Waals surface area (Å²) in [4.78, 5) is 0. The first-order valence-electron chi connectivity index (χ1n) is 6.78. The Labute approximate surface area is 100 Å². The van der Waals surface area contributed by atoms with Gasteiger partial charge in [0.25, 0.3) is 0 Å². The van der Waals surface area contributed by atoms with E-state index >= 15 is 0 Å². The fourth-order valence-electron chi connectivity index (χ4n) is 2.22. The molecule has 0 aromatic rings. The summed E-state index contributed by atoms with van der Waals surface area (Å²) in [5, 5.41) is 3.34. The minimum atomic E-state index is 0.729. The SMILES string of the molecule is C=C(CNCCC)COCC1CCCCC1. The van der Waals surface area contributed by atoms with E-state index in [1.807, 2.05) is 0 Å². The molecule has 1 N–H and O–H groups in total. The van der Waals surface area contributed by atoms with Crippen LogP contribution in [0.3, 0.4) is 0 Å². The van der Waals surface area contributed by atoms with Gasteiger partial charge in [-0.15, -0.1) is 0 Å². The normalized spacial score (nSPS) is 17.6. The molecule has 0 saturated heterocycles. The van der Waals surface area contributed by atoms with Crippen LogP contribution >= 0.6 is 0 Å². The number of ether oxygens (including phenoxy) is 1. The van der Waals surface area contributed by atoms with Crippen molar-refractivity contribution < 1.29 is 4.74 Å². The Balaban J connectivity index is 1.94. The second-order valence-corrected chi connectivity index (χ2v) is 4.95. The fourth-order valence-corrected chi connectivity index (χ4v) is 2.22. The molecule has 0 bridgehead atoms. The molecule has 94 valence electrons. The van der Waals surface area contributed by atoms with Crippen molar-refractivity contribution in [1.82, 2.24) is 5.32 Å². The summed E-state index contributed by atoms with van der Waals surface area (Å²) in [6, 6.07) is 0. The zero-order valence-electron chi connectivity index (χ0n) is 10.8. The highest BCUT2D eigenvalue weighted by Crippen LogP contribution is 2.23. The van der Waals surface area contributed by atoms with E-state index < -0.39 is 0 Å². The maximum atomic E-state index is 5.73. The molecule has 1 rings (SSSR count). The molecule has 0 aliphatic heterocycles. The Morgan fingerprint density at radius 2 is 2.06 bits per heavy atom. The predicted molar refractivity (Wildman–Crippen MR) is 69.7 cm³/mol. The van der Waals surface area contributed by atoms with Crippen LogP contribution in [0.1, 0.15) is 45.4 Å². The van der Waals surface area contributed by atoms with Gasteiger partial charge in [-0.2, -0.15) is 0 Å². The van der Waals surface area contributed by atoms with Crippen LogP contribution in [0, 0.1) is 5.92 Å². The molecule has 1 fully saturated rings. The number of hydrogen-bond donors (Lipinski definition) is 1. The van der Waals surface area contributed by atoms with E-state index in [4.69, 9.17) is 4.74 Å². The monoisotopic (exact) mass is 225 g/mol. The second kappa shape index (κ2) is 8.77. The molecule has 0 aromatic heterocycles. The van der Waals surface area contributed by atoms with Crippen LogP contribution in [0.4, 0.5) is 0 Å². The summed E-state index contributed by atoms with van der Waals surface area (Å²) >= 11 is 0. The number of nitrogens with one attached hydrogen (secondary N) is 1. The van der Waals surface area contributed by atoms with Gasteiger partial charge >= 0.3 is 0 Å². The van der Waals surface area contributed by atoms with Crippen LogP contribution in [-0.4, -0.2) is 26.3 Å². The molecule has 0 amide bonds. The van der Waals surface area contributed by atoms with Crippen molar-refractivity contribution in [3.8, 4) is 0 Å². The molecule has 0 aromatic carbocycles. The lowest BCUT2D eigenvalue weighted by molar-refractivity contribution is 0.100. The maximum absolute atomic E-state index is 5.73. The van der Waals surface area contributed by atoms with Crippen LogP contribution < -0.4 is 5.32 Å². The Morgan fingerprint density at radius 3 is 2.75 bits per heavy atom. The molecule has 16 heavy (non-hydrogen) atoms. The van der Waals surface area contributed by atoms with Crippen molar-refractivity contribution in [2.45, 2.75) is 45.4 Å². The summed E-state index contributed by atoms with van der Waals surface area (Å²) in [5.74, 6) is 0.810. The van der Waals surface area contributed by atoms with Crippen molar-refractivity contribution in [2.75, 3.05) is 26.3 Å². The lowest BCUT2D eigenvalue weighted by Crippen LogP contribution is -2.21. The van der Waals surface area contributed by atoms with Gasteiger partial charge < -0.3 is 10.1 Å². The Bertz CT molecular complexity index is 185. The molecule has 0 radical (unpaired) electrons. The van der Waals surface area contributed by atoms with Crippen molar-refractivity contribution in [1.29, 1.82) is 0 Å². The molecule has 1 saturated carbocycles. The summed E-state index contributed by atoms with van der Waals surface area (Å²) in [6.07, 6.45) is 8.11. The smallest absolute Gasteiger partial charge is 0.0686 e. The van der Waals surface area contributed by atoms with Gasteiger partial charge in [-0.3, -0.25) is 0 Å². The molecule has 2 heteroatoms. The standard InChI is InChI=1S/C14H27NO/c1-3-9-15-10-13(2)11-16-12-14-7-5-4-6-8-14/h14-15H,2-12H2,1H3. The quantitative estimate of drug-likeness (QED) is 0.506. The van der Waals surface area contributed by atoms with E-state index in [-0.39, 0.29) is 0 Å². The van der Waals surface area contributed by atoms with E-state index in [1.165, 1.54) is 44.1 Å². The zero-order chi connectivity index (χ0) is 11.6. The van der Waals surface area contributed by atoms with Gasteiger partial charge in [-0.1, -0.05) is 32.8 Å². The molecule has 2 nitrogen and oxygen atoms in total. The lowest BCUT2D eigenvalue weighted by Gasteiger charge is -2.21. The highest BCUT2D eigenvalue weighted by Gasteiger charge is 2.13. The van der Waals surface area contributed by atoms with Gasteiger partial charge in [0.2, 0.25) is 0 Å². The third-order valence-corrected chi connectivity index (χ3v) is 3.19. The summed E-state index contributed by atoms with van der Waals surface area (Å²) in [7, 11) is 0. The van der Waals surface area contributed by atoms with Gasteiger partial charge in [0.15, 0.2) is 0 Å². The molecule has 1 aliphatic rings. The van der Waals surface area contributed by atoms with E-state index in [0.29, 0.717) is 0 Å². The number of hydrogen-bond acceptors (Lipinski definition) is 2. The van der Waals surface area contributed by atoms with Crippen LogP contribution in [0.15, 0.2) is 12.2 Å². The van der Waals surface area contributed by atoms with E-state index in [9.17, 15) is 0 Å².